The van der Waals surface area contributed by atoms with Crippen LogP contribution in [-0.4, -0.2) is 29.6 Å². The van der Waals surface area contributed by atoms with Gasteiger partial charge in [0.25, 0.3) is 5.91 Å². The molecule has 0 saturated carbocycles. The Hall–Kier alpha value is -1.81. The lowest BCUT2D eigenvalue weighted by Gasteiger charge is -2.23. The largest absolute Gasteiger partial charge is 0.373 e. The van der Waals surface area contributed by atoms with Gasteiger partial charge in [0.1, 0.15) is 0 Å². The van der Waals surface area contributed by atoms with Gasteiger partial charge in [0, 0.05) is 30.4 Å². The zero-order valence-electron chi connectivity index (χ0n) is 11.0. The maximum atomic E-state index is 12.1. The van der Waals surface area contributed by atoms with Crippen LogP contribution >= 0.6 is 0 Å². The number of carbonyl (C=O) groups is 1. The van der Waals surface area contributed by atoms with E-state index in [1.165, 1.54) is 0 Å². The molecule has 1 amide bonds. The summed E-state index contributed by atoms with van der Waals surface area (Å²) in [5.74, 6) is -0.0479. The number of amides is 1. The summed E-state index contributed by atoms with van der Waals surface area (Å²) in [6, 6.07) is 7.67. The number of aromatic nitrogens is 1. The Balaban J connectivity index is 1.69. The summed E-state index contributed by atoms with van der Waals surface area (Å²) in [4.78, 5) is 15.2. The molecule has 2 N–H and O–H groups in total. The van der Waals surface area contributed by atoms with Gasteiger partial charge in [-0.1, -0.05) is 6.07 Å². The number of benzene rings is 1. The molecule has 1 aliphatic rings. The zero-order chi connectivity index (χ0) is 13.3. The van der Waals surface area contributed by atoms with E-state index >= 15 is 0 Å². The van der Waals surface area contributed by atoms with Gasteiger partial charge in [-0.05, 0) is 43.4 Å². The predicted octanol–water partition coefficient (Wildman–Crippen LogP) is 2.47. The van der Waals surface area contributed by atoms with E-state index in [-0.39, 0.29) is 11.5 Å². The van der Waals surface area contributed by atoms with E-state index in [9.17, 15) is 4.79 Å². The van der Waals surface area contributed by atoms with E-state index in [0.717, 1.165) is 30.4 Å². The van der Waals surface area contributed by atoms with Crippen LogP contribution in [0.3, 0.4) is 0 Å². The van der Waals surface area contributed by atoms with Gasteiger partial charge >= 0.3 is 0 Å². The molecule has 1 aromatic carbocycles. The Morgan fingerprint density at radius 1 is 1.47 bits per heavy atom. The molecular weight excluding hydrogens is 240 g/mol. The van der Waals surface area contributed by atoms with Gasteiger partial charge in [0.15, 0.2) is 0 Å². The van der Waals surface area contributed by atoms with Crippen molar-refractivity contribution >= 4 is 16.8 Å². The Morgan fingerprint density at radius 3 is 3.16 bits per heavy atom. The molecule has 1 aromatic heterocycles. The maximum Gasteiger partial charge on any atom is 0.251 e. The molecule has 0 spiro atoms. The molecule has 4 nitrogen and oxygen atoms in total. The monoisotopic (exact) mass is 258 g/mol. The number of nitrogens with one attached hydrogen (secondary N) is 2. The molecule has 3 rings (SSSR count). The van der Waals surface area contributed by atoms with Crippen LogP contribution in [-0.2, 0) is 4.74 Å². The molecule has 4 heteroatoms. The molecule has 1 fully saturated rings. The molecule has 100 valence electrons. The van der Waals surface area contributed by atoms with Crippen molar-refractivity contribution in [2.45, 2.75) is 25.4 Å². The van der Waals surface area contributed by atoms with Crippen LogP contribution in [0.25, 0.3) is 10.9 Å². The molecule has 1 unspecified atom stereocenters. The van der Waals surface area contributed by atoms with Gasteiger partial charge < -0.3 is 15.0 Å². The molecule has 0 aliphatic carbocycles. The highest BCUT2D eigenvalue weighted by molar-refractivity contribution is 5.97. The van der Waals surface area contributed by atoms with Crippen molar-refractivity contribution in [3.05, 3.63) is 36.0 Å². The van der Waals surface area contributed by atoms with Crippen LogP contribution in [0.15, 0.2) is 30.5 Å². The first-order valence-corrected chi connectivity index (χ1v) is 6.66. The van der Waals surface area contributed by atoms with Crippen molar-refractivity contribution in [1.82, 2.24) is 10.3 Å². The summed E-state index contributed by atoms with van der Waals surface area (Å²) in [6.07, 6.45) is 3.95. The summed E-state index contributed by atoms with van der Waals surface area (Å²) < 4.78 is 5.66. The topological polar surface area (TPSA) is 54.1 Å². The molecule has 0 radical (unpaired) electrons. The van der Waals surface area contributed by atoms with Gasteiger partial charge in [-0.2, -0.15) is 0 Å². The summed E-state index contributed by atoms with van der Waals surface area (Å²) in [7, 11) is 0. The fraction of sp³-hybridized carbons (Fsp3) is 0.400. The summed E-state index contributed by atoms with van der Waals surface area (Å²) in [5.41, 5.74) is 1.46. The average Bonchev–Trinajstić information content (AvgIpc) is 3.04. The number of aromatic amines is 1. The third-order valence-electron chi connectivity index (χ3n) is 3.74. The quantitative estimate of drug-likeness (QED) is 0.888. The Kier molecular flexibility index (Phi) is 3.03. The van der Waals surface area contributed by atoms with Crippen LogP contribution in [0.1, 0.15) is 30.1 Å². The minimum Gasteiger partial charge on any atom is -0.373 e. The van der Waals surface area contributed by atoms with Crippen LogP contribution in [0.4, 0.5) is 0 Å². The van der Waals surface area contributed by atoms with Crippen molar-refractivity contribution in [1.29, 1.82) is 0 Å². The van der Waals surface area contributed by atoms with E-state index in [0.29, 0.717) is 12.1 Å². The van der Waals surface area contributed by atoms with E-state index in [1.54, 1.807) is 0 Å². The molecular formula is C15H18N2O2. The van der Waals surface area contributed by atoms with E-state index in [4.69, 9.17) is 4.74 Å². The lowest BCUT2D eigenvalue weighted by Crippen LogP contribution is -2.40. The van der Waals surface area contributed by atoms with Gasteiger partial charge in [0.2, 0.25) is 0 Å². The number of carbonyl (C=O) groups excluding carboxylic acids is 1. The molecule has 2 heterocycles. The number of rotatable bonds is 3. The molecule has 1 aliphatic heterocycles. The first-order valence-electron chi connectivity index (χ1n) is 6.66. The Morgan fingerprint density at radius 2 is 2.37 bits per heavy atom. The van der Waals surface area contributed by atoms with Crippen molar-refractivity contribution in [3.8, 4) is 0 Å². The SMILES string of the molecule is CC1(CNC(=O)c2ccc3cc[nH]c3c2)CCCO1. The smallest absolute Gasteiger partial charge is 0.251 e. The van der Waals surface area contributed by atoms with Crippen molar-refractivity contribution in [2.75, 3.05) is 13.2 Å². The van der Waals surface area contributed by atoms with E-state index < -0.39 is 0 Å². The molecule has 0 bridgehead atoms. The van der Waals surface area contributed by atoms with Gasteiger partial charge in [-0.25, -0.2) is 0 Å². The first-order chi connectivity index (χ1) is 9.16. The maximum absolute atomic E-state index is 12.1. The lowest BCUT2D eigenvalue weighted by atomic mass is 10.0. The molecule has 1 atom stereocenters. The number of hydrogen-bond donors (Lipinski definition) is 2. The predicted molar refractivity (Wildman–Crippen MR) is 74.2 cm³/mol. The zero-order valence-corrected chi connectivity index (χ0v) is 11.0. The second kappa shape index (κ2) is 4.70. The van der Waals surface area contributed by atoms with Crippen molar-refractivity contribution in [2.24, 2.45) is 0 Å². The summed E-state index contributed by atoms with van der Waals surface area (Å²) >= 11 is 0. The minimum absolute atomic E-state index is 0.0479. The van der Waals surface area contributed by atoms with Gasteiger partial charge in [-0.15, -0.1) is 0 Å². The normalized spacial score (nSPS) is 22.8. The minimum atomic E-state index is -0.202. The summed E-state index contributed by atoms with van der Waals surface area (Å²) in [6.45, 7) is 3.41. The number of hydrogen-bond acceptors (Lipinski definition) is 2. The first kappa shape index (κ1) is 12.2. The third kappa shape index (κ3) is 2.49. The van der Waals surface area contributed by atoms with Crippen LogP contribution in [0.5, 0.6) is 0 Å². The number of H-pyrrole nitrogens is 1. The second-order valence-corrected chi connectivity index (χ2v) is 5.36. The summed E-state index contributed by atoms with van der Waals surface area (Å²) in [5, 5.41) is 4.07. The molecule has 1 saturated heterocycles. The van der Waals surface area contributed by atoms with Crippen LogP contribution in [0, 0.1) is 0 Å². The van der Waals surface area contributed by atoms with Crippen molar-refractivity contribution < 1.29 is 9.53 Å². The Labute approximate surface area is 112 Å². The van der Waals surface area contributed by atoms with Crippen molar-refractivity contribution in [3.63, 3.8) is 0 Å². The van der Waals surface area contributed by atoms with E-state index in [1.807, 2.05) is 30.5 Å². The highest BCUT2D eigenvalue weighted by atomic mass is 16.5. The highest BCUT2D eigenvalue weighted by Gasteiger charge is 2.30. The van der Waals surface area contributed by atoms with Crippen LogP contribution < -0.4 is 5.32 Å². The van der Waals surface area contributed by atoms with E-state index in [2.05, 4.69) is 17.2 Å². The van der Waals surface area contributed by atoms with Gasteiger partial charge in [0.05, 0.1) is 5.60 Å². The van der Waals surface area contributed by atoms with Gasteiger partial charge in [-0.3, -0.25) is 4.79 Å². The average molecular weight is 258 g/mol. The third-order valence-corrected chi connectivity index (χ3v) is 3.74. The standard InChI is InChI=1S/C15H18N2O2/c1-15(6-2-8-19-15)10-17-14(18)12-4-3-11-5-7-16-13(11)9-12/h3-5,7,9,16H,2,6,8,10H2,1H3,(H,17,18). The fourth-order valence-electron chi connectivity index (χ4n) is 2.53. The second-order valence-electron chi connectivity index (χ2n) is 5.36. The lowest BCUT2D eigenvalue weighted by molar-refractivity contribution is 0.0206. The Bertz CT molecular complexity index is 597. The highest BCUT2D eigenvalue weighted by Crippen LogP contribution is 2.24. The van der Waals surface area contributed by atoms with Crippen LogP contribution in [0.2, 0.25) is 0 Å². The number of ether oxygens (including phenoxy) is 1. The number of fused-ring (bicyclic) bond motifs is 1. The molecule has 2 aromatic rings. The molecule has 19 heavy (non-hydrogen) atoms. The fourth-order valence-corrected chi connectivity index (χ4v) is 2.53.